The van der Waals surface area contributed by atoms with Gasteiger partial charge in [0.2, 0.25) is 0 Å². The van der Waals surface area contributed by atoms with Gasteiger partial charge in [-0.1, -0.05) is 19.1 Å². The molecule has 0 radical (unpaired) electrons. The second kappa shape index (κ2) is 7.18. The molecule has 0 saturated carbocycles. The molecule has 0 spiro atoms. The maximum atomic E-state index is 10.7. The second-order valence-corrected chi connectivity index (χ2v) is 7.95. The Morgan fingerprint density at radius 2 is 1.93 bits per heavy atom. The number of rotatable bonds is 4. The summed E-state index contributed by atoms with van der Waals surface area (Å²) in [6.07, 6.45) is 1.90. The molecule has 0 unspecified atom stereocenters. The van der Waals surface area contributed by atoms with Gasteiger partial charge in [-0.25, -0.2) is 4.98 Å². The Morgan fingerprint density at radius 3 is 2.67 bits per heavy atom. The molecule has 7 nitrogen and oxygen atoms in total. The van der Waals surface area contributed by atoms with Crippen molar-refractivity contribution in [1.29, 1.82) is 0 Å². The van der Waals surface area contributed by atoms with Gasteiger partial charge < -0.3 is 10.0 Å². The number of likely N-dealkylation sites (N-methyl/N-ethyl adjacent to an activating group) is 1. The molecule has 0 aliphatic carbocycles. The predicted molar refractivity (Wildman–Crippen MR) is 116 cm³/mol. The average molecular weight is 400 g/mol. The first kappa shape index (κ1) is 18.7. The molecule has 0 atom stereocenters. The number of hydrogen-bond donors (Lipinski definition) is 1. The summed E-state index contributed by atoms with van der Waals surface area (Å²) in [4.78, 5) is 7.17. The molecular formula is C23H24N6O. The smallest absolute Gasteiger partial charge is 0.125 e. The van der Waals surface area contributed by atoms with Crippen LogP contribution in [-0.4, -0.2) is 54.6 Å². The Balaban J connectivity index is 1.56. The predicted octanol–water partition coefficient (Wildman–Crippen LogP) is 3.53. The van der Waals surface area contributed by atoms with E-state index in [2.05, 4.69) is 27.1 Å². The van der Waals surface area contributed by atoms with E-state index >= 15 is 0 Å². The van der Waals surface area contributed by atoms with E-state index in [1.54, 1.807) is 10.7 Å². The molecule has 1 N–H and O–H groups in total. The van der Waals surface area contributed by atoms with E-state index in [4.69, 9.17) is 4.98 Å². The van der Waals surface area contributed by atoms with Crippen LogP contribution in [0.25, 0.3) is 33.5 Å². The van der Waals surface area contributed by atoms with Crippen LogP contribution in [0.4, 0.5) is 0 Å². The fourth-order valence-electron chi connectivity index (χ4n) is 4.14. The molecule has 1 saturated heterocycles. The molecule has 1 aromatic carbocycles. The minimum Gasteiger partial charge on any atom is -0.507 e. The standard InChI is InChI=1S/C23H24N6O/c1-4-29-11-15(12-29)17-8-9-18(26-25-17)22-16(6-5-7-21(22)30)19-10-14(2)23-20(24-19)13-28(3)27-23/h5-10,13,15,30H,4,11-12H2,1-3H3. The summed E-state index contributed by atoms with van der Waals surface area (Å²) < 4.78 is 1.77. The third-order valence-corrected chi connectivity index (χ3v) is 5.86. The first-order valence-corrected chi connectivity index (χ1v) is 10.2. The third-order valence-electron chi connectivity index (χ3n) is 5.86. The highest BCUT2D eigenvalue weighted by atomic mass is 16.3. The first-order valence-electron chi connectivity index (χ1n) is 10.2. The van der Waals surface area contributed by atoms with Crippen molar-refractivity contribution in [2.24, 2.45) is 7.05 Å². The lowest BCUT2D eigenvalue weighted by molar-refractivity contribution is 0.154. The van der Waals surface area contributed by atoms with Gasteiger partial charge in [-0.3, -0.25) is 4.68 Å². The molecule has 1 fully saturated rings. The number of aromatic hydroxyl groups is 1. The van der Waals surface area contributed by atoms with Gasteiger partial charge in [0.1, 0.15) is 16.8 Å². The topological polar surface area (TPSA) is 80.0 Å². The minimum absolute atomic E-state index is 0.168. The highest BCUT2D eigenvalue weighted by molar-refractivity contribution is 5.88. The van der Waals surface area contributed by atoms with Gasteiger partial charge in [0, 0.05) is 31.6 Å². The Morgan fingerprint density at radius 1 is 1.10 bits per heavy atom. The molecular weight excluding hydrogens is 376 g/mol. The maximum Gasteiger partial charge on any atom is 0.125 e. The quantitative estimate of drug-likeness (QED) is 0.565. The number of pyridine rings is 1. The van der Waals surface area contributed by atoms with E-state index in [1.165, 1.54) is 0 Å². The lowest BCUT2D eigenvalue weighted by Crippen LogP contribution is -2.44. The number of phenolic OH excluding ortho intramolecular Hbond substituents is 1. The van der Waals surface area contributed by atoms with Crippen molar-refractivity contribution >= 4 is 11.0 Å². The van der Waals surface area contributed by atoms with E-state index in [0.717, 1.165) is 53.2 Å². The zero-order chi connectivity index (χ0) is 20.8. The Bertz CT molecular complexity index is 1220. The van der Waals surface area contributed by atoms with Crippen LogP contribution in [-0.2, 0) is 7.05 Å². The van der Waals surface area contributed by atoms with Crippen molar-refractivity contribution in [3.63, 3.8) is 0 Å². The Kier molecular flexibility index (Phi) is 4.47. The normalized spacial score (nSPS) is 14.9. The largest absolute Gasteiger partial charge is 0.507 e. The molecule has 4 aromatic rings. The fraction of sp³-hybridized carbons (Fsp3) is 0.304. The zero-order valence-electron chi connectivity index (χ0n) is 17.4. The number of hydrogen-bond acceptors (Lipinski definition) is 6. The SMILES string of the molecule is CCN1CC(c2ccc(-c3c(O)cccc3-c3cc(C)c4nn(C)cc4n3)nn2)C1. The first-order chi connectivity index (χ1) is 14.5. The van der Waals surface area contributed by atoms with Gasteiger partial charge in [0.25, 0.3) is 0 Å². The van der Waals surface area contributed by atoms with Crippen molar-refractivity contribution in [1.82, 2.24) is 29.9 Å². The maximum absolute atomic E-state index is 10.7. The lowest BCUT2D eigenvalue weighted by atomic mass is 9.95. The highest BCUT2D eigenvalue weighted by Crippen LogP contribution is 2.38. The summed E-state index contributed by atoms with van der Waals surface area (Å²) >= 11 is 0. The highest BCUT2D eigenvalue weighted by Gasteiger charge is 2.28. The number of aromatic nitrogens is 5. The summed E-state index contributed by atoms with van der Waals surface area (Å²) in [5, 5.41) is 24.1. The molecule has 3 aromatic heterocycles. The van der Waals surface area contributed by atoms with Crippen molar-refractivity contribution in [2.45, 2.75) is 19.8 Å². The van der Waals surface area contributed by atoms with Crippen molar-refractivity contribution in [3.8, 4) is 28.3 Å². The average Bonchev–Trinajstić information content (AvgIpc) is 3.08. The monoisotopic (exact) mass is 400 g/mol. The molecule has 4 heterocycles. The van der Waals surface area contributed by atoms with Gasteiger partial charge in [0.05, 0.1) is 28.8 Å². The van der Waals surface area contributed by atoms with Crippen LogP contribution in [0.1, 0.15) is 24.1 Å². The number of benzene rings is 1. The van der Waals surface area contributed by atoms with Crippen LogP contribution >= 0.6 is 0 Å². The van der Waals surface area contributed by atoms with E-state index in [1.807, 2.05) is 50.5 Å². The lowest BCUT2D eigenvalue weighted by Gasteiger charge is -2.37. The fourth-order valence-corrected chi connectivity index (χ4v) is 4.14. The second-order valence-electron chi connectivity index (χ2n) is 7.95. The van der Waals surface area contributed by atoms with E-state index < -0.39 is 0 Å². The van der Waals surface area contributed by atoms with Gasteiger partial charge in [-0.2, -0.15) is 15.3 Å². The van der Waals surface area contributed by atoms with Crippen LogP contribution in [0.2, 0.25) is 0 Å². The van der Waals surface area contributed by atoms with E-state index in [9.17, 15) is 5.11 Å². The molecule has 1 aliphatic heterocycles. The molecule has 5 rings (SSSR count). The summed E-state index contributed by atoms with van der Waals surface area (Å²) in [6, 6.07) is 11.4. The Labute approximate surface area is 175 Å². The number of fused-ring (bicyclic) bond motifs is 1. The van der Waals surface area contributed by atoms with Crippen LogP contribution in [0.5, 0.6) is 5.75 Å². The third kappa shape index (κ3) is 3.11. The molecule has 0 bridgehead atoms. The summed E-state index contributed by atoms with van der Waals surface area (Å²) in [5.74, 6) is 0.605. The Hall–Kier alpha value is -3.32. The summed E-state index contributed by atoms with van der Waals surface area (Å²) in [5.41, 5.74) is 6.65. The van der Waals surface area contributed by atoms with Gasteiger partial charge in [-0.15, -0.1) is 0 Å². The number of aryl methyl sites for hydroxylation is 2. The van der Waals surface area contributed by atoms with Crippen molar-refractivity contribution in [3.05, 3.63) is 53.9 Å². The van der Waals surface area contributed by atoms with Gasteiger partial charge in [-0.05, 0) is 43.3 Å². The van der Waals surface area contributed by atoms with Gasteiger partial charge >= 0.3 is 0 Å². The van der Waals surface area contributed by atoms with Crippen LogP contribution in [0, 0.1) is 6.92 Å². The molecule has 0 amide bonds. The zero-order valence-corrected chi connectivity index (χ0v) is 17.4. The van der Waals surface area contributed by atoms with Crippen LogP contribution in [0.15, 0.2) is 42.6 Å². The van der Waals surface area contributed by atoms with Crippen molar-refractivity contribution < 1.29 is 5.11 Å². The minimum atomic E-state index is 0.168. The number of nitrogens with zero attached hydrogens (tertiary/aromatic N) is 6. The van der Waals surface area contributed by atoms with E-state index in [0.29, 0.717) is 17.2 Å². The number of likely N-dealkylation sites (tertiary alicyclic amines) is 1. The molecule has 7 heteroatoms. The molecule has 1 aliphatic rings. The molecule has 30 heavy (non-hydrogen) atoms. The van der Waals surface area contributed by atoms with Crippen LogP contribution < -0.4 is 0 Å². The number of phenols is 1. The summed E-state index contributed by atoms with van der Waals surface area (Å²) in [7, 11) is 1.89. The van der Waals surface area contributed by atoms with Crippen molar-refractivity contribution in [2.75, 3.05) is 19.6 Å². The van der Waals surface area contributed by atoms with Crippen LogP contribution in [0.3, 0.4) is 0 Å². The molecule has 152 valence electrons. The summed E-state index contributed by atoms with van der Waals surface area (Å²) in [6.45, 7) is 7.32. The van der Waals surface area contributed by atoms with E-state index in [-0.39, 0.29) is 5.75 Å². The van der Waals surface area contributed by atoms with Gasteiger partial charge in [0.15, 0.2) is 0 Å².